The molecule has 0 aromatic carbocycles. The Labute approximate surface area is 132 Å². The van der Waals surface area contributed by atoms with E-state index >= 15 is 0 Å². The molecule has 110 valence electrons. The number of piperazine rings is 1. The number of sulfonamides is 1. The molecule has 0 N–H and O–H groups in total. The van der Waals surface area contributed by atoms with Crippen LogP contribution in [0, 0.1) is 0 Å². The van der Waals surface area contributed by atoms with Crippen LogP contribution in [0.3, 0.4) is 0 Å². The first kappa shape index (κ1) is 14.7. The zero-order chi connectivity index (χ0) is 14.3. The molecule has 1 saturated heterocycles. The Morgan fingerprint density at radius 2 is 1.90 bits per heavy atom. The highest BCUT2D eigenvalue weighted by atomic mass is 79.9. The minimum atomic E-state index is -3.56. The van der Waals surface area contributed by atoms with Crippen LogP contribution in [0.1, 0.15) is 12.8 Å². The lowest BCUT2D eigenvalue weighted by Crippen LogP contribution is -2.49. The first-order valence-corrected chi connectivity index (χ1v) is 9.15. The van der Waals surface area contributed by atoms with Gasteiger partial charge < -0.3 is 0 Å². The van der Waals surface area contributed by atoms with Gasteiger partial charge in [0.25, 0.3) is 0 Å². The molecule has 20 heavy (non-hydrogen) atoms. The molecule has 0 unspecified atom stereocenters. The van der Waals surface area contributed by atoms with E-state index in [4.69, 9.17) is 11.6 Å². The van der Waals surface area contributed by atoms with E-state index < -0.39 is 10.0 Å². The molecular weight excluding hydrogens is 366 g/mol. The second-order valence-electron chi connectivity index (χ2n) is 5.11. The fourth-order valence-corrected chi connectivity index (χ4v) is 4.82. The van der Waals surface area contributed by atoms with Crippen LogP contribution in [0.15, 0.2) is 21.6 Å². The van der Waals surface area contributed by atoms with Gasteiger partial charge in [-0.1, -0.05) is 11.6 Å². The molecule has 1 aromatic rings. The third-order valence-electron chi connectivity index (χ3n) is 3.73. The van der Waals surface area contributed by atoms with Crippen LogP contribution in [0.2, 0.25) is 5.15 Å². The number of hydrogen-bond donors (Lipinski definition) is 0. The molecule has 8 heteroatoms. The van der Waals surface area contributed by atoms with Gasteiger partial charge in [-0.3, -0.25) is 4.90 Å². The molecule has 3 rings (SSSR count). The van der Waals surface area contributed by atoms with Gasteiger partial charge in [-0.05, 0) is 34.8 Å². The number of rotatable bonds is 3. The highest BCUT2D eigenvalue weighted by molar-refractivity contribution is 9.10. The van der Waals surface area contributed by atoms with E-state index in [-0.39, 0.29) is 10.0 Å². The molecule has 1 aliphatic carbocycles. The third kappa shape index (κ3) is 2.87. The molecule has 0 amide bonds. The Morgan fingerprint density at radius 1 is 1.25 bits per heavy atom. The first-order valence-electron chi connectivity index (χ1n) is 6.54. The lowest BCUT2D eigenvalue weighted by molar-refractivity contribution is 0.180. The molecule has 1 aromatic heterocycles. The molecule has 2 aliphatic rings. The van der Waals surface area contributed by atoms with Gasteiger partial charge in [-0.25, -0.2) is 13.4 Å². The molecular formula is C12H15BrClN3O2S. The van der Waals surface area contributed by atoms with E-state index in [1.165, 1.54) is 29.4 Å². The fraction of sp³-hybridized carbons (Fsp3) is 0.583. The number of hydrogen-bond acceptors (Lipinski definition) is 4. The van der Waals surface area contributed by atoms with Crippen molar-refractivity contribution >= 4 is 37.6 Å². The van der Waals surface area contributed by atoms with Crippen molar-refractivity contribution in [2.45, 2.75) is 23.8 Å². The minimum absolute atomic E-state index is 0.0258. The Balaban J connectivity index is 1.79. The van der Waals surface area contributed by atoms with Crippen molar-refractivity contribution in [3.8, 4) is 0 Å². The number of nitrogens with zero attached hydrogens (tertiary/aromatic N) is 3. The Hall–Kier alpha value is -0.210. The van der Waals surface area contributed by atoms with Crippen molar-refractivity contribution in [1.82, 2.24) is 14.2 Å². The van der Waals surface area contributed by atoms with Gasteiger partial charge in [0.15, 0.2) is 0 Å². The summed E-state index contributed by atoms with van der Waals surface area (Å²) in [5, 5.41) is 0.0258. The van der Waals surface area contributed by atoms with Crippen molar-refractivity contribution in [2.24, 2.45) is 0 Å². The molecule has 0 spiro atoms. The summed E-state index contributed by atoms with van der Waals surface area (Å²) in [6.07, 6.45) is 3.98. The Morgan fingerprint density at radius 3 is 2.50 bits per heavy atom. The third-order valence-corrected chi connectivity index (χ3v) is 6.49. The van der Waals surface area contributed by atoms with Gasteiger partial charge >= 0.3 is 0 Å². The van der Waals surface area contributed by atoms with Crippen molar-refractivity contribution in [1.29, 1.82) is 0 Å². The summed E-state index contributed by atoms with van der Waals surface area (Å²) < 4.78 is 27.3. The second-order valence-corrected chi connectivity index (χ2v) is 8.29. The van der Waals surface area contributed by atoms with E-state index in [2.05, 4.69) is 25.8 Å². The van der Waals surface area contributed by atoms with E-state index in [0.29, 0.717) is 23.6 Å². The summed E-state index contributed by atoms with van der Waals surface area (Å²) in [6, 6.07) is 2.19. The van der Waals surface area contributed by atoms with Crippen LogP contribution in [0.25, 0.3) is 0 Å². The summed E-state index contributed by atoms with van der Waals surface area (Å²) in [6.45, 7) is 2.62. The summed E-state index contributed by atoms with van der Waals surface area (Å²) >= 11 is 9.18. The number of halogens is 2. The maximum Gasteiger partial charge on any atom is 0.246 e. The zero-order valence-corrected chi connectivity index (χ0v) is 14.0. The summed E-state index contributed by atoms with van der Waals surface area (Å²) in [4.78, 5) is 6.34. The largest absolute Gasteiger partial charge is 0.298 e. The number of aromatic nitrogens is 1. The van der Waals surface area contributed by atoms with Gasteiger partial charge in [-0.2, -0.15) is 4.31 Å². The van der Waals surface area contributed by atoms with Crippen molar-refractivity contribution < 1.29 is 8.42 Å². The van der Waals surface area contributed by atoms with Gasteiger partial charge in [-0.15, -0.1) is 0 Å². The molecule has 1 saturated carbocycles. The molecule has 5 nitrogen and oxygen atoms in total. The molecule has 0 radical (unpaired) electrons. The quantitative estimate of drug-likeness (QED) is 0.752. The van der Waals surface area contributed by atoms with E-state index in [1.807, 2.05) is 0 Å². The molecule has 2 fully saturated rings. The molecule has 0 atom stereocenters. The highest BCUT2D eigenvalue weighted by Crippen LogP contribution is 2.30. The molecule has 2 heterocycles. The van der Waals surface area contributed by atoms with Gasteiger partial charge in [0.2, 0.25) is 10.0 Å². The first-order chi connectivity index (χ1) is 9.48. The van der Waals surface area contributed by atoms with Crippen LogP contribution in [0.5, 0.6) is 0 Å². The molecule has 0 bridgehead atoms. The van der Waals surface area contributed by atoms with Gasteiger partial charge in [0, 0.05) is 42.9 Å². The smallest absolute Gasteiger partial charge is 0.246 e. The monoisotopic (exact) mass is 379 g/mol. The van der Waals surface area contributed by atoms with Crippen LogP contribution >= 0.6 is 27.5 Å². The van der Waals surface area contributed by atoms with E-state index in [1.54, 1.807) is 0 Å². The summed E-state index contributed by atoms with van der Waals surface area (Å²) in [7, 11) is -3.56. The average Bonchev–Trinajstić information content (AvgIpc) is 3.26. The lowest BCUT2D eigenvalue weighted by atomic mass is 10.3. The van der Waals surface area contributed by atoms with E-state index in [9.17, 15) is 8.42 Å². The predicted octanol–water partition coefficient (Wildman–Crippen LogP) is 1.97. The zero-order valence-electron chi connectivity index (χ0n) is 10.8. The fourth-order valence-electron chi connectivity index (χ4n) is 2.47. The summed E-state index contributed by atoms with van der Waals surface area (Å²) in [5.74, 6) is 0. The van der Waals surface area contributed by atoms with E-state index in [0.717, 1.165) is 13.1 Å². The van der Waals surface area contributed by atoms with Crippen molar-refractivity contribution in [3.63, 3.8) is 0 Å². The Kier molecular flexibility index (Phi) is 4.07. The van der Waals surface area contributed by atoms with Crippen LogP contribution < -0.4 is 0 Å². The SMILES string of the molecule is O=S(=O)(c1cc(Br)cnc1Cl)N1CCN(C2CC2)CC1. The van der Waals surface area contributed by atoms with Crippen LogP contribution in [0.4, 0.5) is 0 Å². The van der Waals surface area contributed by atoms with Crippen LogP contribution in [-0.4, -0.2) is 54.8 Å². The predicted molar refractivity (Wildman–Crippen MR) is 80.3 cm³/mol. The summed E-state index contributed by atoms with van der Waals surface area (Å²) in [5.41, 5.74) is 0. The topological polar surface area (TPSA) is 53.5 Å². The average molecular weight is 381 g/mol. The van der Waals surface area contributed by atoms with Crippen molar-refractivity contribution in [3.05, 3.63) is 21.9 Å². The minimum Gasteiger partial charge on any atom is -0.298 e. The lowest BCUT2D eigenvalue weighted by Gasteiger charge is -2.34. The highest BCUT2D eigenvalue weighted by Gasteiger charge is 2.35. The van der Waals surface area contributed by atoms with Crippen LogP contribution in [-0.2, 0) is 10.0 Å². The second kappa shape index (κ2) is 5.53. The maximum atomic E-state index is 12.6. The standard InChI is InChI=1S/C12H15BrClN3O2S/c13-9-7-11(12(14)15-8-9)20(18,19)17-5-3-16(4-6-17)10-1-2-10/h7-8,10H,1-6H2. The maximum absolute atomic E-state index is 12.6. The number of pyridine rings is 1. The van der Waals surface area contributed by atoms with Gasteiger partial charge in [0.05, 0.1) is 0 Å². The van der Waals surface area contributed by atoms with Crippen molar-refractivity contribution in [2.75, 3.05) is 26.2 Å². The Bertz CT molecular complexity index is 613. The van der Waals surface area contributed by atoms with Gasteiger partial charge in [0.1, 0.15) is 10.0 Å². The molecule has 1 aliphatic heterocycles. The normalized spacial score (nSPS) is 22.1.